The topological polar surface area (TPSA) is 30.0 Å². The van der Waals surface area contributed by atoms with Gasteiger partial charge in [-0.3, -0.25) is 9.78 Å². The summed E-state index contributed by atoms with van der Waals surface area (Å²) < 4.78 is 0. The molecule has 1 atom stereocenters. The zero-order valence-corrected chi connectivity index (χ0v) is 11.7. The second-order valence-electron chi connectivity index (χ2n) is 4.06. The molecule has 3 heteroatoms. The third-order valence-electron chi connectivity index (χ3n) is 2.85. The van der Waals surface area contributed by atoms with Crippen LogP contribution in [0.3, 0.4) is 0 Å². The van der Waals surface area contributed by atoms with Crippen molar-refractivity contribution in [2.24, 2.45) is 0 Å². The van der Waals surface area contributed by atoms with E-state index in [2.05, 4.69) is 27.8 Å². The maximum absolute atomic E-state index is 12.3. The molecule has 0 unspecified atom stereocenters. The standard InChI is InChI=1S/C15H14BrNO/c1-2-11-5-7-12(8-6-11)15(18)14(16)13-4-3-9-17-10-13/h3-10,14H,2H2,1H3/t14-/m1/s1. The van der Waals surface area contributed by atoms with Crippen LogP contribution in [0.2, 0.25) is 0 Å². The third-order valence-corrected chi connectivity index (χ3v) is 3.80. The van der Waals surface area contributed by atoms with E-state index in [4.69, 9.17) is 0 Å². The zero-order chi connectivity index (χ0) is 13.0. The number of hydrogen-bond donors (Lipinski definition) is 0. The molecule has 1 heterocycles. The number of ketones is 1. The fraction of sp³-hybridized carbons (Fsp3) is 0.200. The molecule has 0 saturated heterocycles. The summed E-state index contributed by atoms with van der Waals surface area (Å²) >= 11 is 3.43. The number of benzene rings is 1. The van der Waals surface area contributed by atoms with Crippen LogP contribution in [0.25, 0.3) is 0 Å². The molecule has 0 saturated carbocycles. The van der Waals surface area contributed by atoms with E-state index in [1.54, 1.807) is 12.4 Å². The molecular weight excluding hydrogens is 290 g/mol. The summed E-state index contributed by atoms with van der Waals surface area (Å²) in [6, 6.07) is 11.5. The van der Waals surface area contributed by atoms with E-state index in [1.807, 2.05) is 36.4 Å². The Balaban J connectivity index is 2.20. The average molecular weight is 304 g/mol. The number of hydrogen-bond acceptors (Lipinski definition) is 2. The summed E-state index contributed by atoms with van der Waals surface area (Å²) in [5.41, 5.74) is 2.83. The summed E-state index contributed by atoms with van der Waals surface area (Å²) in [7, 11) is 0. The van der Waals surface area contributed by atoms with Crippen molar-refractivity contribution in [1.82, 2.24) is 4.98 Å². The number of aryl methyl sites for hydroxylation is 1. The molecule has 0 aliphatic carbocycles. The summed E-state index contributed by atoms with van der Waals surface area (Å²) in [5, 5.41) is 0. The van der Waals surface area contributed by atoms with Gasteiger partial charge in [-0.05, 0) is 23.6 Å². The molecule has 2 rings (SSSR count). The van der Waals surface area contributed by atoms with Crippen molar-refractivity contribution in [3.05, 3.63) is 65.5 Å². The van der Waals surface area contributed by atoms with Gasteiger partial charge < -0.3 is 0 Å². The van der Waals surface area contributed by atoms with Crippen LogP contribution in [-0.2, 0) is 6.42 Å². The van der Waals surface area contributed by atoms with Crippen LogP contribution in [0.15, 0.2) is 48.8 Å². The monoisotopic (exact) mass is 303 g/mol. The normalized spacial score (nSPS) is 12.1. The molecule has 92 valence electrons. The van der Waals surface area contributed by atoms with Crippen LogP contribution in [-0.4, -0.2) is 10.8 Å². The fourth-order valence-electron chi connectivity index (χ4n) is 1.73. The van der Waals surface area contributed by atoms with Gasteiger partial charge in [0, 0.05) is 18.0 Å². The number of rotatable bonds is 4. The molecule has 2 nitrogen and oxygen atoms in total. The highest BCUT2D eigenvalue weighted by atomic mass is 79.9. The molecule has 0 aliphatic rings. The number of alkyl halides is 1. The first-order valence-electron chi connectivity index (χ1n) is 5.89. The highest BCUT2D eigenvalue weighted by Gasteiger charge is 2.18. The first-order chi connectivity index (χ1) is 8.72. The van der Waals surface area contributed by atoms with E-state index in [0.29, 0.717) is 0 Å². The molecule has 0 aliphatic heterocycles. The van der Waals surface area contributed by atoms with Crippen molar-refractivity contribution in [2.45, 2.75) is 18.2 Å². The highest BCUT2D eigenvalue weighted by molar-refractivity contribution is 9.09. The SMILES string of the molecule is CCc1ccc(C(=O)[C@H](Br)c2cccnc2)cc1. The van der Waals surface area contributed by atoms with Crippen LogP contribution in [0, 0.1) is 0 Å². The molecule has 1 aromatic carbocycles. The quantitative estimate of drug-likeness (QED) is 0.632. The predicted octanol–water partition coefficient (Wildman–Crippen LogP) is 3.96. The Morgan fingerprint density at radius 3 is 2.56 bits per heavy atom. The van der Waals surface area contributed by atoms with Crippen LogP contribution in [0.5, 0.6) is 0 Å². The second kappa shape index (κ2) is 5.91. The molecular formula is C15H14BrNO. The molecule has 0 spiro atoms. The van der Waals surface area contributed by atoms with Crippen molar-refractivity contribution in [1.29, 1.82) is 0 Å². The van der Waals surface area contributed by atoms with Crippen molar-refractivity contribution in [3.8, 4) is 0 Å². The maximum atomic E-state index is 12.3. The van der Waals surface area contributed by atoms with Crippen LogP contribution in [0.4, 0.5) is 0 Å². The van der Waals surface area contributed by atoms with E-state index in [1.165, 1.54) is 5.56 Å². The lowest BCUT2D eigenvalue weighted by Gasteiger charge is -2.09. The Labute approximate surface area is 115 Å². The van der Waals surface area contributed by atoms with Gasteiger partial charge >= 0.3 is 0 Å². The van der Waals surface area contributed by atoms with E-state index in [-0.39, 0.29) is 10.6 Å². The number of pyridine rings is 1. The first kappa shape index (κ1) is 13.0. The van der Waals surface area contributed by atoms with Crippen molar-refractivity contribution < 1.29 is 4.79 Å². The minimum absolute atomic E-state index is 0.0608. The lowest BCUT2D eigenvalue weighted by Crippen LogP contribution is -2.07. The molecule has 0 bridgehead atoms. The molecule has 0 N–H and O–H groups in total. The molecule has 2 aromatic rings. The Morgan fingerprint density at radius 2 is 2.00 bits per heavy atom. The largest absolute Gasteiger partial charge is 0.293 e. The third kappa shape index (κ3) is 2.85. The minimum Gasteiger partial charge on any atom is -0.293 e. The van der Waals surface area contributed by atoms with Gasteiger partial charge in [-0.15, -0.1) is 0 Å². The second-order valence-corrected chi connectivity index (χ2v) is 4.98. The van der Waals surface area contributed by atoms with Gasteiger partial charge in [0.1, 0.15) is 4.83 Å². The maximum Gasteiger partial charge on any atom is 0.180 e. The van der Waals surface area contributed by atoms with Crippen LogP contribution >= 0.6 is 15.9 Å². The molecule has 0 fully saturated rings. The van der Waals surface area contributed by atoms with E-state index in [9.17, 15) is 4.79 Å². The number of carbonyl (C=O) groups excluding carboxylic acids is 1. The van der Waals surface area contributed by atoms with Crippen LogP contribution < -0.4 is 0 Å². The highest BCUT2D eigenvalue weighted by Crippen LogP contribution is 2.26. The summed E-state index contributed by atoms with van der Waals surface area (Å²) in [6.07, 6.45) is 4.39. The van der Waals surface area contributed by atoms with E-state index >= 15 is 0 Å². The number of halogens is 1. The van der Waals surface area contributed by atoms with Crippen LogP contribution in [0.1, 0.15) is 33.2 Å². The Hall–Kier alpha value is -1.48. The van der Waals surface area contributed by atoms with Crippen molar-refractivity contribution in [3.63, 3.8) is 0 Å². The molecule has 0 radical (unpaired) electrons. The van der Waals surface area contributed by atoms with Gasteiger partial charge in [0.05, 0.1) is 0 Å². The lowest BCUT2D eigenvalue weighted by molar-refractivity contribution is 0.0991. The molecule has 18 heavy (non-hydrogen) atoms. The number of Topliss-reactive ketones (excluding diaryl/α,β-unsaturated/α-hetero) is 1. The Morgan fingerprint density at radius 1 is 1.28 bits per heavy atom. The van der Waals surface area contributed by atoms with Crippen molar-refractivity contribution >= 4 is 21.7 Å². The number of aromatic nitrogens is 1. The zero-order valence-electron chi connectivity index (χ0n) is 10.1. The van der Waals surface area contributed by atoms with Gasteiger partial charge in [0.25, 0.3) is 0 Å². The summed E-state index contributed by atoms with van der Waals surface area (Å²) in [4.78, 5) is 16.0. The summed E-state index contributed by atoms with van der Waals surface area (Å²) in [5.74, 6) is 0.0608. The number of nitrogens with zero attached hydrogens (tertiary/aromatic N) is 1. The van der Waals surface area contributed by atoms with Gasteiger partial charge in [-0.1, -0.05) is 53.2 Å². The fourth-order valence-corrected chi connectivity index (χ4v) is 2.26. The molecule has 1 aromatic heterocycles. The van der Waals surface area contributed by atoms with E-state index in [0.717, 1.165) is 17.5 Å². The van der Waals surface area contributed by atoms with Gasteiger partial charge in [-0.2, -0.15) is 0 Å². The van der Waals surface area contributed by atoms with Gasteiger partial charge in [-0.25, -0.2) is 0 Å². The first-order valence-corrected chi connectivity index (χ1v) is 6.81. The minimum atomic E-state index is -0.335. The van der Waals surface area contributed by atoms with Crippen molar-refractivity contribution in [2.75, 3.05) is 0 Å². The smallest absolute Gasteiger partial charge is 0.180 e. The Bertz CT molecular complexity index is 522. The van der Waals surface area contributed by atoms with Gasteiger partial charge in [0.2, 0.25) is 0 Å². The summed E-state index contributed by atoms with van der Waals surface area (Å²) in [6.45, 7) is 2.10. The molecule has 0 amide bonds. The predicted molar refractivity (Wildman–Crippen MR) is 76.1 cm³/mol. The number of carbonyl (C=O) groups is 1. The average Bonchev–Trinajstić information content (AvgIpc) is 2.47. The van der Waals surface area contributed by atoms with E-state index < -0.39 is 0 Å². The van der Waals surface area contributed by atoms with Gasteiger partial charge in [0.15, 0.2) is 5.78 Å². The lowest BCUT2D eigenvalue weighted by atomic mass is 10.0. The Kier molecular flexibility index (Phi) is 4.26.